The Bertz CT molecular complexity index is 295. The zero-order valence-electron chi connectivity index (χ0n) is 10.3. The topological polar surface area (TPSA) is 81.1 Å². The Morgan fingerprint density at radius 1 is 1.47 bits per heavy atom. The van der Waals surface area contributed by atoms with Crippen LogP contribution in [0.25, 0.3) is 0 Å². The molecule has 0 aromatic heterocycles. The minimum atomic E-state index is -1.06. The molecule has 0 saturated carbocycles. The number of amides is 2. The van der Waals surface area contributed by atoms with Gasteiger partial charge < -0.3 is 20.0 Å². The fourth-order valence-corrected chi connectivity index (χ4v) is 1.97. The van der Waals surface area contributed by atoms with Crippen molar-refractivity contribution in [3.63, 3.8) is 0 Å². The second kappa shape index (κ2) is 5.86. The van der Waals surface area contributed by atoms with E-state index in [9.17, 15) is 14.7 Å². The first-order chi connectivity index (χ1) is 7.97. The van der Waals surface area contributed by atoms with Gasteiger partial charge in [0.25, 0.3) is 0 Å². The molecule has 98 valence electrons. The minimum Gasteiger partial charge on any atom is -0.480 e. The van der Waals surface area contributed by atoms with E-state index in [1.54, 1.807) is 7.05 Å². The summed E-state index contributed by atoms with van der Waals surface area (Å²) in [5.41, 5.74) is 0. The fraction of sp³-hybridized carbons (Fsp3) is 0.818. The number of β-amino-alcohol motifs (C(OH)–C–C–N with tert-alkyl or cyclic N) is 1. The Morgan fingerprint density at radius 3 is 2.65 bits per heavy atom. The Hall–Kier alpha value is -1.30. The summed E-state index contributed by atoms with van der Waals surface area (Å²) in [6, 6.07) is -1.22. The van der Waals surface area contributed by atoms with Gasteiger partial charge in [0.1, 0.15) is 6.04 Å². The van der Waals surface area contributed by atoms with Gasteiger partial charge in [0, 0.05) is 26.6 Å². The third-order valence-electron chi connectivity index (χ3n) is 2.98. The van der Waals surface area contributed by atoms with Crippen molar-refractivity contribution in [2.45, 2.75) is 38.3 Å². The highest BCUT2D eigenvalue weighted by Crippen LogP contribution is 2.19. The molecule has 0 radical (unpaired) electrons. The van der Waals surface area contributed by atoms with Crippen molar-refractivity contribution in [3.05, 3.63) is 0 Å². The quantitative estimate of drug-likeness (QED) is 0.748. The van der Waals surface area contributed by atoms with Gasteiger partial charge in [-0.25, -0.2) is 9.59 Å². The largest absolute Gasteiger partial charge is 0.480 e. The van der Waals surface area contributed by atoms with E-state index in [-0.39, 0.29) is 19.0 Å². The predicted octanol–water partition coefficient (Wildman–Crippen LogP) is 0.358. The van der Waals surface area contributed by atoms with E-state index < -0.39 is 18.1 Å². The number of hydrogen-bond acceptors (Lipinski definition) is 3. The summed E-state index contributed by atoms with van der Waals surface area (Å²) in [5, 5.41) is 18.4. The minimum absolute atomic E-state index is 0.103. The zero-order valence-corrected chi connectivity index (χ0v) is 10.3. The van der Waals surface area contributed by atoms with Crippen LogP contribution in [0.4, 0.5) is 4.79 Å². The standard InChI is InChI=1S/C11H20N2O4/c1-3-4-5-12(2)11(17)13-7-8(14)6-9(13)10(15)16/h8-9,14H,3-7H2,1-2H3,(H,15,16)/t8-,9+/m1/s1. The number of nitrogens with zero attached hydrogens (tertiary/aromatic N) is 2. The van der Waals surface area contributed by atoms with Gasteiger partial charge in [0.2, 0.25) is 0 Å². The molecule has 0 spiro atoms. The summed E-state index contributed by atoms with van der Waals surface area (Å²) in [5.74, 6) is -1.06. The first-order valence-electron chi connectivity index (χ1n) is 5.90. The van der Waals surface area contributed by atoms with Crippen molar-refractivity contribution in [2.75, 3.05) is 20.1 Å². The van der Waals surface area contributed by atoms with E-state index in [0.29, 0.717) is 6.54 Å². The first kappa shape index (κ1) is 13.8. The molecule has 1 saturated heterocycles. The van der Waals surface area contributed by atoms with Crippen LogP contribution in [0.1, 0.15) is 26.2 Å². The molecule has 2 amide bonds. The maximum atomic E-state index is 12.0. The average molecular weight is 244 g/mol. The van der Waals surface area contributed by atoms with Crippen LogP contribution in [0.3, 0.4) is 0 Å². The first-order valence-corrected chi connectivity index (χ1v) is 5.90. The maximum absolute atomic E-state index is 12.0. The molecule has 6 nitrogen and oxygen atoms in total. The summed E-state index contributed by atoms with van der Waals surface area (Å²) in [6.07, 6.45) is 1.24. The molecule has 1 fully saturated rings. The number of rotatable bonds is 4. The molecule has 0 aromatic rings. The Balaban J connectivity index is 2.63. The van der Waals surface area contributed by atoms with Crippen molar-refractivity contribution < 1.29 is 19.8 Å². The highest BCUT2D eigenvalue weighted by molar-refractivity contribution is 5.83. The smallest absolute Gasteiger partial charge is 0.326 e. The van der Waals surface area contributed by atoms with Crippen LogP contribution in [0.5, 0.6) is 0 Å². The molecule has 1 rings (SSSR count). The highest BCUT2D eigenvalue weighted by atomic mass is 16.4. The van der Waals surface area contributed by atoms with Crippen molar-refractivity contribution in [1.82, 2.24) is 9.80 Å². The lowest BCUT2D eigenvalue weighted by molar-refractivity contribution is -0.141. The molecular formula is C11H20N2O4. The second-order valence-electron chi connectivity index (χ2n) is 4.45. The van der Waals surface area contributed by atoms with Gasteiger partial charge in [-0.05, 0) is 6.42 Å². The van der Waals surface area contributed by atoms with Crippen LogP contribution in [0, 0.1) is 0 Å². The maximum Gasteiger partial charge on any atom is 0.326 e. The van der Waals surface area contributed by atoms with Gasteiger partial charge in [0.15, 0.2) is 0 Å². The zero-order chi connectivity index (χ0) is 13.0. The summed E-state index contributed by atoms with van der Waals surface area (Å²) in [4.78, 5) is 25.7. The molecule has 0 unspecified atom stereocenters. The number of aliphatic hydroxyl groups is 1. The summed E-state index contributed by atoms with van der Waals surface area (Å²) in [6.45, 7) is 2.73. The number of carbonyl (C=O) groups is 2. The number of carbonyl (C=O) groups excluding carboxylic acids is 1. The number of likely N-dealkylation sites (tertiary alicyclic amines) is 1. The molecule has 0 bridgehead atoms. The summed E-state index contributed by atoms with van der Waals surface area (Å²) >= 11 is 0. The Kier molecular flexibility index (Phi) is 4.74. The summed E-state index contributed by atoms with van der Waals surface area (Å²) in [7, 11) is 1.65. The Labute approximate surface area is 101 Å². The highest BCUT2D eigenvalue weighted by Gasteiger charge is 2.39. The lowest BCUT2D eigenvalue weighted by Crippen LogP contribution is -2.47. The van der Waals surface area contributed by atoms with Crippen molar-refractivity contribution in [2.24, 2.45) is 0 Å². The number of aliphatic hydroxyl groups excluding tert-OH is 1. The molecule has 0 aliphatic carbocycles. The SMILES string of the molecule is CCCCN(C)C(=O)N1C[C@H](O)C[C@H]1C(=O)O. The molecule has 1 aliphatic rings. The van der Waals surface area contributed by atoms with E-state index in [1.165, 1.54) is 9.80 Å². The predicted molar refractivity (Wildman–Crippen MR) is 61.7 cm³/mol. The molecule has 1 aliphatic heterocycles. The van der Waals surface area contributed by atoms with Crippen LogP contribution >= 0.6 is 0 Å². The van der Waals surface area contributed by atoms with Gasteiger partial charge in [-0.2, -0.15) is 0 Å². The van der Waals surface area contributed by atoms with Crippen LogP contribution < -0.4 is 0 Å². The van der Waals surface area contributed by atoms with Gasteiger partial charge in [0.05, 0.1) is 6.10 Å². The molecular weight excluding hydrogens is 224 g/mol. The van der Waals surface area contributed by atoms with E-state index in [4.69, 9.17) is 5.11 Å². The number of aliphatic carboxylic acids is 1. The monoisotopic (exact) mass is 244 g/mol. The van der Waals surface area contributed by atoms with Gasteiger partial charge in [-0.3, -0.25) is 0 Å². The van der Waals surface area contributed by atoms with E-state index in [1.807, 2.05) is 6.92 Å². The fourth-order valence-electron chi connectivity index (χ4n) is 1.97. The second-order valence-corrected chi connectivity index (χ2v) is 4.45. The summed E-state index contributed by atoms with van der Waals surface area (Å²) < 4.78 is 0. The molecule has 2 atom stereocenters. The van der Waals surface area contributed by atoms with E-state index >= 15 is 0 Å². The third-order valence-corrected chi connectivity index (χ3v) is 2.98. The molecule has 1 heterocycles. The average Bonchev–Trinajstić information content (AvgIpc) is 2.67. The van der Waals surface area contributed by atoms with E-state index in [2.05, 4.69) is 0 Å². The van der Waals surface area contributed by atoms with Crippen molar-refractivity contribution >= 4 is 12.0 Å². The number of carboxylic acid groups (broad SMARTS) is 1. The van der Waals surface area contributed by atoms with Crippen LogP contribution in [0.15, 0.2) is 0 Å². The number of urea groups is 1. The van der Waals surface area contributed by atoms with Crippen molar-refractivity contribution in [3.8, 4) is 0 Å². The normalized spacial score (nSPS) is 23.8. The van der Waals surface area contributed by atoms with Crippen LogP contribution in [-0.4, -0.2) is 64.3 Å². The number of hydrogen-bond donors (Lipinski definition) is 2. The molecule has 6 heteroatoms. The van der Waals surface area contributed by atoms with Crippen molar-refractivity contribution in [1.29, 1.82) is 0 Å². The Morgan fingerprint density at radius 2 is 2.12 bits per heavy atom. The van der Waals surface area contributed by atoms with Gasteiger partial charge in [-0.15, -0.1) is 0 Å². The lowest BCUT2D eigenvalue weighted by Gasteiger charge is -2.27. The van der Waals surface area contributed by atoms with Gasteiger partial charge >= 0.3 is 12.0 Å². The van der Waals surface area contributed by atoms with Gasteiger partial charge in [-0.1, -0.05) is 13.3 Å². The lowest BCUT2D eigenvalue weighted by atomic mass is 10.2. The number of unbranched alkanes of at least 4 members (excludes halogenated alkanes) is 1. The molecule has 17 heavy (non-hydrogen) atoms. The number of carboxylic acids is 1. The van der Waals surface area contributed by atoms with Crippen LogP contribution in [0.2, 0.25) is 0 Å². The molecule has 2 N–H and O–H groups in total. The van der Waals surface area contributed by atoms with E-state index in [0.717, 1.165) is 12.8 Å². The van der Waals surface area contributed by atoms with Crippen LogP contribution in [-0.2, 0) is 4.79 Å². The third kappa shape index (κ3) is 3.33. The molecule has 0 aromatic carbocycles.